The Morgan fingerprint density at radius 1 is 0.750 bits per heavy atom. The number of alkyl halides is 6. The lowest BCUT2D eigenvalue weighted by Crippen LogP contribution is -2.36. The summed E-state index contributed by atoms with van der Waals surface area (Å²) in [5.41, 5.74) is -12.5. The predicted octanol–water partition coefficient (Wildman–Crippen LogP) is 1.07. The summed E-state index contributed by atoms with van der Waals surface area (Å²) in [6, 6.07) is 0. The molecule has 0 atom stereocenters. The zero-order valence-electron chi connectivity index (χ0n) is 6.63. The van der Waals surface area contributed by atoms with Gasteiger partial charge < -0.3 is 0 Å². The van der Waals surface area contributed by atoms with E-state index in [4.69, 9.17) is 4.78 Å². The van der Waals surface area contributed by atoms with Crippen LogP contribution in [0.1, 0.15) is 0 Å². The molecule has 0 saturated heterocycles. The summed E-state index contributed by atoms with van der Waals surface area (Å²) in [4.78, 5) is 0. The summed E-state index contributed by atoms with van der Waals surface area (Å²) >= 11 is 0. The first kappa shape index (κ1) is 15.6. The molecule has 0 aliphatic heterocycles. The van der Waals surface area contributed by atoms with E-state index in [1.54, 1.807) is 0 Å². The molecule has 0 rings (SSSR count). The Morgan fingerprint density at radius 2 is 0.938 bits per heavy atom. The fourth-order valence-corrected chi connectivity index (χ4v) is 6.12. The Morgan fingerprint density at radius 3 is 1.06 bits per heavy atom. The third kappa shape index (κ3) is 2.48. The van der Waals surface area contributed by atoms with Gasteiger partial charge in [0, 0.05) is 0 Å². The zero-order valence-corrected chi connectivity index (χ0v) is 9.08. The number of hydrogen-bond acceptors (Lipinski definition) is 5. The highest BCUT2D eigenvalue weighted by molar-refractivity contribution is 8.97. The largest absolute Gasteiger partial charge is 0.509 e. The molecule has 0 fully saturated rings. The van der Waals surface area contributed by atoms with Gasteiger partial charge >= 0.3 is 28.8 Å². The minimum absolute atomic E-state index is 4.69. The molecule has 1 N–H and O–H groups in total. The summed E-state index contributed by atoms with van der Waals surface area (Å²) in [6.45, 7) is 0. The van der Waals surface area contributed by atoms with Crippen molar-refractivity contribution in [3.63, 3.8) is 0 Å². The Labute approximate surface area is 86.0 Å². The molecule has 0 spiro atoms. The summed E-state index contributed by atoms with van der Waals surface area (Å²) < 4.78 is 117. The van der Waals surface area contributed by atoms with Crippen LogP contribution in [0.4, 0.5) is 26.3 Å². The van der Waals surface area contributed by atoms with Gasteiger partial charge in [-0.1, -0.05) is 0 Å². The SMILES string of the molecule is N=S(S(=O)(=O)C(F)(F)F)S(=O)(=O)C(F)(F)F. The van der Waals surface area contributed by atoms with Crippen molar-refractivity contribution in [2.24, 2.45) is 0 Å². The molecule has 0 radical (unpaired) electrons. The van der Waals surface area contributed by atoms with Crippen LogP contribution >= 0.6 is 0 Å². The minimum atomic E-state index is -6.73. The average molecular weight is 313 g/mol. The van der Waals surface area contributed by atoms with Gasteiger partial charge in [-0.15, -0.1) is 0 Å². The molecule has 0 unspecified atom stereocenters. The molecule has 0 heterocycles. The molecular weight excluding hydrogens is 312 g/mol. The van der Waals surface area contributed by atoms with Crippen molar-refractivity contribution in [3.05, 3.63) is 0 Å². The van der Waals surface area contributed by atoms with Gasteiger partial charge in [0.2, 0.25) is 0 Å². The van der Waals surface area contributed by atoms with Gasteiger partial charge in [-0.25, -0.2) is 16.8 Å². The molecule has 0 aliphatic carbocycles. The average Bonchev–Trinajstić information content (AvgIpc) is 1.98. The van der Waals surface area contributed by atoms with Crippen LogP contribution in [0.15, 0.2) is 0 Å². The molecule has 16 heavy (non-hydrogen) atoms. The minimum Gasteiger partial charge on any atom is -0.251 e. The van der Waals surface area contributed by atoms with Gasteiger partial charge in [-0.3, -0.25) is 4.78 Å². The summed E-state index contributed by atoms with van der Waals surface area (Å²) in [7, 11) is -18.1. The van der Waals surface area contributed by atoms with Gasteiger partial charge in [-0.2, -0.15) is 26.3 Å². The highest BCUT2D eigenvalue weighted by atomic mass is 33.5. The number of hydrogen-bond donors (Lipinski definition) is 1. The maximum absolute atomic E-state index is 11.7. The van der Waals surface area contributed by atoms with Gasteiger partial charge in [0.1, 0.15) is 8.76 Å². The van der Waals surface area contributed by atoms with E-state index in [2.05, 4.69) is 0 Å². The van der Waals surface area contributed by atoms with Crippen LogP contribution in [-0.2, 0) is 26.5 Å². The Balaban J connectivity index is 5.81. The molecule has 5 nitrogen and oxygen atoms in total. The summed E-state index contributed by atoms with van der Waals surface area (Å²) in [5.74, 6) is 0. The van der Waals surface area contributed by atoms with Crippen molar-refractivity contribution in [1.29, 1.82) is 4.78 Å². The Hall–Kier alpha value is -0.370. The van der Waals surface area contributed by atoms with Crippen molar-refractivity contribution in [3.8, 4) is 0 Å². The highest BCUT2D eigenvalue weighted by Crippen LogP contribution is 2.35. The molecule has 0 saturated carbocycles. The molecule has 0 aromatic carbocycles. The number of rotatable bonds is 2. The molecule has 0 bridgehead atoms. The van der Waals surface area contributed by atoms with Crippen LogP contribution in [-0.4, -0.2) is 27.9 Å². The van der Waals surface area contributed by atoms with E-state index in [1.165, 1.54) is 0 Å². The van der Waals surface area contributed by atoms with Crippen LogP contribution in [0, 0.1) is 4.78 Å². The van der Waals surface area contributed by atoms with E-state index in [1.807, 2.05) is 0 Å². The maximum atomic E-state index is 11.7. The van der Waals surface area contributed by atoms with E-state index in [9.17, 15) is 43.2 Å². The zero-order chi connectivity index (χ0) is 13.6. The molecular formula is C2HF6NO4S3. The molecule has 0 amide bonds. The summed E-state index contributed by atoms with van der Waals surface area (Å²) in [5, 5.41) is 0. The normalized spacial score (nSPS) is 15.4. The van der Waals surface area contributed by atoms with Crippen molar-refractivity contribution >= 4 is 26.5 Å². The number of nitrogens with one attached hydrogen (secondary N) is 1. The quantitative estimate of drug-likeness (QED) is 0.609. The van der Waals surface area contributed by atoms with Crippen molar-refractivity contribution in [2.45, 2.75) is 11.0 Å². The lowest BCUT2D eigenvalue weighted by Gasteiger charge is -2.11. The second kappa shape index (κ2) is 3.83. The van der Waals surface area contributed by atoms with E-state index < -0.39 is 37.5 Å². The van der Waals surface area contributed by atoms with Crippen LogP contribution < -0.4 is 0 Å². The van der Waals surface area contributed by atoms with Crippen LogP contribution in [0.25, 0.3) is 0 Å². The van der Waals surface area contributed by atoms with Gasteiger partial charge in [0.15, 0.2) is 0 Å². The molecule has 0 aromatic heterocycles. The number of halogens is 6. The van der Waals surface area contributed by atoms with Crippen molar-refractivity contribution < 1.29 is 43.2 Å². The van der Waals surface area contributed by atoms with E-state index in [-0.39, 0.29) is 0 Å². The molecule has 0 aromatic rings. The van der Waals surface area contributed by atoms with E-state index >= 15 is 0 Å². The fourth-order valence-electron chi connectivity index (χ4n) is 0.290. The third-order valence-corrected chi connectivity index (χ3v) is 9.65. The standard InChI is InChI=1S/C2HF6NO4S3/c3-1(4,5)15(10,11)14(9)16(12,13)2(6,7)8/h9H. The van der Waals surface area contributed by atoms with E-state index in [0.29, 0.717) is 0 Å². The highest BCUT2D eigenvalue weighted by Gasteiger charge is 2.59. The lowest BCUT2D eigenvalue weighted by atomic mass is 11.6. The van der Waals surface area contributed by atoms with Crippen LogP contribution in [0.3, 0.4) is 0 Å². The topological polar surface area (TPSA) is 92.1 Å². The maximum Gasteiger partial charge on any atom is 0.509 e. The first-order valence-corrected chi connectivity index (χ1v) is 7.97. The van der Waals surface area contributed by atoms with Crippen LogP contribution in [0.2, 0.25) is 0 Å². The lowest BCUT2D eigenvalue weighted by molar-refractivity contribution is -0.0415. The molecule has 98 valence electrons. The second-order valence-corrected chi connectivity index (χ2v) is 10.5. The molecule has 0 aliphatic rings. The van der Waals surface area contributed by atoms with E-state index in [0.717, 1.165) is 0 Å². The smallest absolute Gasteiger partial charge is 0.251 e. The summed E-state index contributed by atoms with van der Waals surface area (Å²) in [6.07, 6.45) is 0. The van der Waals surface area contributed by atoms with Gasteiger partial charge in [0.05, 0.1) is 0 Å². The first-order valence-electron chi connectivity index (χ1n) is 2.75. The Bertz CT molecular complexity index is 449. The van der Waals surface area contributed by atoms with Gasteiger partial charge in [0.25, 0.3) is 0 Å². The predicted molar refractivity (Wildman–Crippen MR) is 40.0 cm³/mol. The van der Waals surface area contributed by atoms with Crippen molar-refractivity contribution in [1.82, 2.24) is 0 Å². The second-order valence-electron chi connectivity index (χ2n) is 2.03. The third-order valence-electron chi connectivity index (χ3n) is 0.966. The van der Waals surface area contributed by atoms with Crippen LogP contribution in [0.5, 0.6) is 0 Å². The van der Waals surface area contributed by atoms with Crippen molar-refractivity contribution in [2.75, 3.05) is 0 Å². The monoisotopic (exact) mass is 313 g/mol. The Kier molecular flexibility index (Phi) is 3.74. The fraction of sp³-hybridized carbons (Fsp3) is 1.00. The first-order chi connectivity index (χ1) is 6.65. The molecule has 14 heteroatoms. The van der Waals surface area contributed by atoms with Gasteiger partial charge in [-0.05, 0) is 0 Å².